The number of benzene rings is 2. The van der Waals surface area contributed by atoms with Crippen LogP contribution in [0.4, 0.5) is 10.1 Å². The number of hydrogen-bond acceptors (Lipinski definition) is 2. The first kappa shape index (κ1) is 15.5. The van der Waals surface area contributed by atoms with Gasteiger partial charge in [0.15, 0.2) is 11.6 Å². The number of hydrogen-bond donors (Lipinski definition) is 0. The zero-order valence-electron chi connectivity index (χ0n) is 13.2. The lowest BCUT2D eigenvalue weighted by atomic mass is 10.00. The summed E-state index contributed by atoms with van der Waals surface area (Å²) < 4.78 is 19.3. The lowest BCUT2D eigenvalue weighted by molar-refractivity contribution is -0.119. The van der Waals surface area contributed by atoms with Gasteiger partial charge in [0.2, 0.25) is 5.91 Å². The fourth-order valence-electron chi connectivity index (χ4n) is 3.01. The van der Waals surface area contributed by atoms with Gasteiger partial charge in [-0.15, -0.1) is 0 Å². The van der Waals surface area contributed by atoms with Crippen molar-refractivity contribution in [2.75, 3.05) is 18.6 Å². The zero-order valence-corrected chi connectivity index (χ0v) is 13.2. The Kier molecular flexibility index (Phi) is 4.60. The Morgan fingerprint density at radius 2 is 1.96 bits per heavy atom. The number of amides is 1. The van der Waals surface area contributed by atoms with Gasteiger partial charge in [0.1, 0.15) is 0 Å². The van der Waals surface area contributed by atoms with Gasteiger partial charge < -0.3 is 9.64 Å². The quantitative estimate of drug-likeness (QED) is 0.855. The number of rotatable bonds is 4. The maximum Gasteiger partial charge on any atom is 0.226 e. The van der Waals surface area contributed by atoms with Gasteiger partial charge in [0.25, 0.3) is 0 Å². The summed E-state index contributed by atoms with van der Waals surface area (Å²) in [4.78, 5) is 14.0. The van der Waals surface area contributed by atoms with Crippen LogP contribution in [0.3, 0.4) is 0 Å². The molecular weight excluding hydrogens is 293 g/mol. The van der Waals surface area contributed by atoms with Crippen LogP contribution in [0.1, 0.15) is 30.4 Å². The molecule has 0 atom stereocenters. The average Bonchev–Trinajstić information content (AvgIpc) is 2.57. The lowest BCUT2D eigenvalue weighted by Gasteiger charge is -2.29. The van der Waals surface area contributed by atoms with Crippen molar-refractivity contribution in [1.82, 2.24) is 0 Å². The summed E-state index contributed by atoms with van der Waals surface area (Å²) in [5, 5.41) is 0. The summed E-state index contributed by atoms with van der Waals surface area (Å²) in [7, 11) is 1.44. The molecule has 1 saturated heterocycles. The molecule has 1 amide bonds. The van der Waals surface area contributed by atoms with Crippen molar-refractivity contribution in [3.63, 3.8) is 0 Å². The minimum absolute atomic E-state index is 0.0965. The maximum absolute atomic E-state index is 14.2. The number of piperidine rings is 1. The molecule has 1 heterocycles. The van der Waals surface area contributed by atoms with Crippen LogP contribution in [0, 0.1) is 5.82 Å². The number of methoxy groups -OCH3 is 1. The minimum atomic E-state index is -0.397. The highest BCUT2D eigenvalue weighted by atomic mass is 19.1. The van der Waals surface area contributed by atoms with Crippen LogP contribution >= 0.6 is 0 Å². The van der Waals surface area contributed by atoms with Gasteiger partial charge >= 0.3 is 0 Å². The fraction of sp³-hybridized carbons (Fsp3) is 0.316. The van der Waals surface area contributed by atoms with Crippen molar-refractivity contribution in [3.05, 3.63) is 59.4 Å². The van der Waals surface area contributed by atoms with Gasteiger partial charge in [0.05, 0.1) is 12.8 Å². The fourth-order valence-corrected chi connectivity index (χ4v) is 3.01. The Morgan fingerprint density at radius 3 is 2.65 bits per heavy atom. The van der Waals surface area contributed by atoms with E-state index in [2.05, 4.69) is 0 Å². The Hall–Kier alpha value is -2.36. The number of nitrogens with zero attached hydrogens (tertiary/aromatic N) is 1. The number of carbonyl (C=O) groups excluding carboxylic acids is 1. The highest BCUT2D eigenvalue weighted by molar-refractivity contribution is 5.95. The largest absolute Gasteiger partial charge is 0.494 e. The first-order valence-corrected chi connectivity index (χ1v) is 7.89. The van der Waals surface area contributed by atoms with E-state index in [1.807, 2.05) is 30.3 Å². The molecule has 0 saturated carbocycles. The predicted octanol–water partition coefficient (Wildman–Crippen LogP) is 3.94. The van der Waals surface area contributed by atoms with Gasteiger partial charge in [-0.2, -0.15) is 0 Å². The third kappa shape index (κ3) is 3.36. The van der Waals surface area contributed by atoms with Crippen LogP contribution in [-0.2, 0) is 11.2 Å². The second-order valence-electron chi connectivity index (χ2n) is 5.78. The Morgan fingerprint density at radius 1 is 1.17 bits per heavy atom. The SMILES string of the molecule is COc1cc(N2CCCCC2=O)c(Cc2ccccc2)cc1F. The van der Waals surface area contributed by atoms with Crippen LogP contribution in [-0.4, -0.2) is 19.6 Å². The smallest absolute Gasteiger partial charge is 0.226 e. The van der Waals surface area contributed by atoms with E-state index in [1.54, 1.807) is 11.0 Å². The highest BCUT2D eigenvalue weighted by Crippen LogP contribution is 2.32. The third-order valence-corrected chi connectivity index (χ3v) is 4.20. The van der Waals surface area contributed by atoms with Crippen molar-refractivity contribution in [3.8, 4) is 5.75 Å². The molecule has 0 radical (unpaired) electrons. The maximum atomic E-state index is 14.2. The summed E-state index contributed by atoms with van der Waals surface area (Å²) in [6, 6.07) is 13.0. The van der Waals surface area contributed by atoms with Crippen LogP contribution in [0.5, 0.6) is 5.75 Å². The average molecular weight is 313 g/mol. The minimum Gasteiger partial charge on any atom is -0.494 e. The third-order valence-electron chi connectivity index (χ3n) is 4.20. The van der Waals surface area contributed by atoms with E-state index in [0.717, 1.165) is 29.7 Å². The van der Waals surface area contributed by atoms with Crippen molar-refractivity contribution >= 4 is 11.6 Å². The molecule has 23 heavy (non-hydrogen) atoms. The summed E-state index contributed by atoms with van der Waals surface area (Å²) in [5.41, 5.74) is 2.66. The Labute approximate surface area is 135 Å². The van der Waals surface area contributed by atoms with E-state index < -0.39 is 5.82 Å². The molecule has 2 aromatic carbocycles. The first-order valence-electron chi connectivity index (χ1n) is 7.89. The van der Waals surface area contributed by atoms with Gasteiger partial charge in [0, 0.05) is 19.0 Å². The molecule has 1 aliphatic rings. The summed E-state index contributed by atoms with van der Waals surface area (Å²) in [6.45, 7) is 0.676. The van der Waals surface area contributed by atoms with Gasteiger partial charge in [-0.25, -0.2) is 4.39 Å². The second kappa shape index (κ2) is 6.82. The summed E-state index contributed by atoms with van der Waals surface area (Å²) in [5.74, 6) is -0.124. The predicted molar refractivity (Wildman–Crippen MR) is 88.4 cm³/mol. The molecule has 0 aromatic heterocycles. The molecule has 1 fully saturated rings. The van der Waals surface area contributed by atoms with E-state index in [9.17, 15) is 9.18 Å². The normalized spacial score (nSPS) is 14.9. The van der Waals surface area contributed by atoms with Crippen molar-refractivity contribution < 1.29 is 13.9 Å². The van der Waals surface area contributed by atoms with Crippen molar-refractivity contribution in [1.29, 1.82) is 0 Å². The number of halogens is 1. The van der Waals surface area contributed by atoms with Gasteiger partial charge in [-0.05, 0) is 36.5 Å². The molecule has 3 rings (SSSR count). The Bertz CT molecular complexity index is 700. The molecule has 0 unspecified atom stereocenters. The molecule has 4 heteroatoms. The molecule has 120 valence electrons. The van der Waals surface area contributed by atoms with Crippen LogP contribution in [0.2, 0.25) is 0 Å². The zero-order chi connectivity index (χ0) is 16.2. The van der Waals surface area contributed by atoms with E-state index >= 15 is 0 Å². The lowest BCUT2D eigenvalue weighted by Crippen LogP contribution is -2.36. The van der Waals surface area contributed by atoms with Crippen LogP contribution in [0.25, 0.3) is 0 Å². The number of ether oxygens (including phenoxy) is 1. The van der Waals surface area contributed by atoms with E-state index in [-0.39, 0.29) is 11.7 Å². The second-order valence-corrected chi connectivity index (χ2v) is 5.78. The standard InChI is InChI=1S/C19H20FNO2/c1-23-18-13-17(21-10-6-5-9-19(21)22)15(12-16(18)20)11-14-7-3-2-4-8-14/h2-4,7-8,12-13H,5-6,9-11H2,1H3. The molecule has 3 nitrogen and oxygen atoms in total. The monoisotopic (exact) mass is 313 g/mol. The van der Waals surface area contributed by atoms with E-state index in [4.69, 9.17) is 4.74 Å². The van der Waals surface area contributed by atoms with Crippen LogP contribution in [0.15, 0.2) is 42.5 Å². The summed E-state index contributed by atoms with van der Waals surface area (Å²) >= 11 is 0. The van der Waals surface area contributed by atoms with Crippen molar-refractivity contribution in [2.24, 2.45) is 0 Å². The molecule has 0 spiro atoms. The molecule has 0 N–H and O–H groups in total. The van der Waals surface area contributed by atoms with Crippen LogP contribution < -0.4 is 9.64 Å². The van der Waals surface area contributed by atoms with Gasteiger partial charge in [-0.1, -0.05) is 30.3 Å². The topological polar surface area (TPSA) is 29.5 Å². The number of anilines is 1. The van der Waals surface area contributed by atoms with E-state index in [1.165, 1.54) is 13.2 Å². The first-order chi connectivity index (χ1) is 11.2. The molecule has 0 aliphatic carbocycles. The van der Waals surface area contributed by atoms with Gasteiger partial charge in [-0.3, -0.25) is 4.79 Å². The van der Waals surface area contributed by atoms with Crippen molar-refractivity contribution in [2.45, 2.75) is 25.7 Å². The number of carbonyl (C=O) groups is 1. The molecular formula is C19H20FNO2. The molecule has 0 bridgehead atoms. The summed E-state index contributed by atoms with van der Waals surface area (Å²) in [6.07, 6.45) is 3.02. The molecule has 1 aliphatic heterocycles. The van der Waals surface area contributed by atoms with E-state index in [0.29, 0.717) is 19.4 Å². The molecule has 2 aromatic rings. The highest BCUT2D eigenvalue weighted by Gasteiger charge is 2.23. The Balaban J connectivity index is 2.02.